The normalized spacial score (nSPS) is 21.3. The van der Waals surface area contributed by atoms with Crippen LogP contribution in [0.5, 0.6) is 0 Å². The second kappa shape index (κ2) is 9.05. The van der Waals surface area contributed by atoms with Crippen molar-refractivity contribution < 1.29 is 8.42 Å². The summed E-state index contributed by atoms with van der Waals surface area (Å²) >= 11 is 0. The first-order chi connectivity index (χ1) is 9.91. The molecule has 1 saturated heterocycles. The Labute approximate surface area is 130 Å². The zero-order valence-electron chi connectivity index (χ0n) is 14.0. The van der Waals surface area contributed by atoms with Crippen LogP contribution in [0.3, 0.4) is 0 Å². The molecule has 1 heterocycles. The van der Waals surface area contributed by atoms with Crippen molar-refractivity contribution in [1.82, 2.24) is 18.8 Å². The summed E-state index contributed by atoms with van der Waals surface area (Å²) in [4.78, 5) is 2.09. The van der Waals surface area contributed by atoms with E-state index in [4.69, 9.17) is 0 Å². The molecule has 0 spiro atoms. The number of hydrogen-bond donors (Lipinski definition) is 1. The molecule has 21 heavy (non-hydrogen) atoms. The maximum atomic E-state index is 12.8. The van der Waals surface area contributed by atoms with Gasteiger partial charge in [0.05, 0.1) is 0 Å². The van der Waals surface area contributed by atoms with Crippen molar-refractivity contribution in [3.63, 3.8) is 0 Å². The van der Waals surface area contributed by atoms with E-state index in [9.17, 15) is 8.42 Å². The SMILES string of the molecule is CCN(CCCN(C)C)S(=O)(=O)N1CCCC(CNC)C1. The van der Waals surface area contributed by atoms with Crippen LogP contribution in [0.4, 0.5) is 0 Å². The molecule has 0 aromatic carbocycles. The Morgan fingerprint density at radius 1 is 1.29 bits per heavy atom. The molecule has 0 aromatic rings. The first-order valence-corrected chi connectivity index (χ1v) is 9.36. The molecule has 1 N–H and O–H groups in total. The lowest BCUT2D eigenvalue weighted by Gasteiger charge is -2.35. The van der Waals surface area contributed by atoms with Crippen LogP contribution >= 0.6 is 0 Å². The van der Waals surface area contributed by atoms with Gasteiger partial charge in [0.1, 0.15) is 0 Å². The summed E-state index contributed by atoms with van der Waals surface area (Å²) in [5, 5.41) is 3.16. The zero-order chi connectivity index (χ0) is 15.9. The Bertz CT molecular complexity index is 384. The first kappa shape index (κ1) is 18.8. The lowest BCUT2D eigenvalue weighted by atomic mass is 10.00. The number of rotatable bonds is 9. The van der Waals surface area contributed by atoms with E-state index in [-0.39, 0.29) is 0 Å². The highest BCUT2D eigenvalue weighted by Crippen LogP contribution is 2.20. The van der Waals surface area contributed by atoms with E-state index < -0.39 is 10.2 Å². The van der Waals surface area contributed by atoms with Crippen molar-refractivity contribution in [3.8, 4) is 0 Å². The minimum absolute atomic E-state index is 0.430. The second-order valence-corrected chi connectivity index (χ2v) is 8.01. The molecule has 0 aromatic heterocycles. The quantitative estimate of drug-likeness (QED) is 0.670. The monoisotopic (exact) mass is 320 g/mol. The van der Waals surface area contributed by atoms with E-state index in [0.29, 0.717) is 32.1 Å². The fraction of sp³-hybridized carbons (Fsp3) is 1.00. The molecule has 0 bridgehead atoms. The third-order valence-corrected chi connectivity index (χ3v) is 6.07. The Kier molecular flexibility index (Phi) is 8.12. The van der Waals surface area contributed by atoms with Gasteiger partial charge in [0, 0.05) is 26.2 Å². The first-order valence-electron chi connectivity index (χ1n) is 7.96. The highest BCUT2D eigenvalue weighted by molar-refractivity contribution is 7.86. The van der Waals surface area contributed by atoms with E-state index in [0.717, 1.165) is 32.4 Å². The minimum Gasteiger partial charge on any atom is -0.319 e. The molecule has 1 rings (SSSR count). The van der Waals surface area contributed by atoms with Gasteiger partial charge in [-0.25, -0.2) is 0 Å². The fourth-order valence-corrected chi connectivity index (χ4v) is 4.63. The smallest absolute Gasteiger partial charge is 0.281 e. The summed E-state index contributed by atoms with van der Waals surface area (Å²) in [5.74, 6) is 0.430. The molecule has 0 radical (unpaired) electrons. The van der Waals surface area contributed by atoms with Gasteiger partial charge in [-0.05, 0) is 59.4 Å². The Hall–Kier alpha value is -0.210. The van der Waals surface area contributed by atoms with E-state index in [1.807, 2.05) is 28.1 Å². The number of piperidine rings is 1. The van der Waals surface area contributed by atoms with E-state index in [1.165, 1.54) is 0 Å². The van der Waals surface area contributed by atoms with Crippen LogP contribution in [0, 0.1) is 5.92 Å². The number of nitrogens with one attached hydrogen (secondary N) is 1. The highest BCUT2D eigenvalue weighted by atomic mass is 32.2. The molecule has 126 valence electrons. The molecule has 1 atom stereocenters. The molecule has 1 unspecified atom stereocenters. The zero-order valence-corrected chi connectivity index (χ0v) is 14.8. The van der Waals surface area contributed by atoms with Crippen molar-refractivity contribution in [2.24, 2.45) is 5.92 Å². The van der Waals surface area contributed by atoms with Gasteiger partial charge in [0.2, 0.25) is 0 Å². The predicted octanol–water partition coefficient (Wildman–Crippen LogP) is 0.436. The summed E-state index contributed by atoms with van der Waals surface area (Å²) in [5.41, 5.74) is 0. The van der Waals surface area contributed by atoms with Crippen molar-refractivity contribution in [2.75, 3.05) is 60.4 Å². The topological polar surface area (TPSA) is 55.9 Å². The highest BCUT2D eigenvalue weighted by Gasteiger charge is 2.32. The summed E-state index contributed by atoms with van der Waals surface area (Å²) < 4.78 is 28.8. The van der Waals surface area contributed by atoms with Gasteiger partial charge in [-0.2, -0.15) is 17.0 Å². The maximum Gasteiger partial charge on any atom is 0.281 e. The molecule has 1 aliphatic heterocycles. The molecule has 1 aliphatic rings. The largest absolute Gasteiger partial charge is 0.319 e. The molecule has 0 amide bonds. The van der Waals surface area contributed by atoms with Crippen molar-refractivity contribution in [2.45, 2.75) is 26.2 Å². The summed E-state index contributed by atoms with van der Waals surface area (Å²) in [7, 11) is 2.64. The van der Waals surface area contributed by atoms with Crippen molar-refractivity contribution >= 4 is 10.2 Å². The summed E-state index contributed by atoms with van der Waals surface area (Å²) in [6, 6.07) is 0. The molecular formula is C14H32N4O2S. The molecular weight excluding hydrogens is 288 g/mol. The van der Waals surface area contributed by atoms with Crippen molar-refractivity contribution in [3.05, 3.63) is 0 Å². The molecule has 1 fully saturated rings. The van der Waals surface area contributed by atoms with Crippen LogP contribution < -0.4 is 5.32 Å². The predicted molar refractivity (Wildman–Crippen MR) is 87.6 cm³/mol. The third kappa shape index (κ3) is 5.83. The van der Waals surface area contributed by atoms with Crippen LogP contribution in [0.25, 0.3) is 0 Å². The third-order valence-electron chi connectivity index (χ3n) is 3.99. The molecule has 0 aliphatic carbocycles. The van der Waals surface area contributed by atoms with Crippen LogP contribution in [-0.4, -0.2) is 82.3 Å². The summed E-state index contributed by atoms with van der Waals surface area (Å²) in [6.07, 6.45) is 2.94. The van der Waals surface area contributed by atoms with Gasteiger partial charge >= 0.3 is 0 Å². The molecule has 0 saturated carbocycles. The standard InChI is InChI=1S/C14H32N4O2S/c1-5-17(11-7-9-16(3)4)21(19,20)18-10-6-8-14(13-18)12-15-2/h14-15H,5-13H2,1-4H3. The van der Waals surface area contributed by atoms with Crippen LogP contribution in [0.15, 0.2) is 0 Å². The van der Waals surface area contributed by atoms with Gasteiger partial charge in [-0.15, -0.1) is 0 Å². The molecule has 6 nitrogen and oxygen atoms in total. The Balaban J connectivity index is 2.63. The van der Waals surface area contributed by atoms with E-state index >= 15 is 0 Å². The second-order valence-electron chi connectivity index (χ2n) is 6.08. The van der Waals surface area contributed by atoms with Gasteiger partial charge < -0.3 is 10.2 Å². The summed E-state index contributed by atoms with van der Waals surface area (Å²) in [6.45, 7) is 6.17. The number of hydrogen-bond acceptors (Lipinski definition) is 4. The lowest BCUT2D eigenvalue weighted by molar-refractivity contribution is 0.243. The Morgan fingerprint density at radius 3 is 2.57 bits per heavy atom. The van der Waals surface area contributed by atoms with Gasteiger partial charge in [-0.1, -0.05) is 6.92 Å². The maximum absolute atomic E-state index is 12.8. The van der Waals surface area contributed by atoms with E-state index in [1.54, 1.807) is 8.61 Å². The lowest BCUT2D eigenvalue weighted by Crippen LogP contribution is -2.49. The average molecular weight is 321 g/mol. The average Bonchev–Trinajstić information content (AvgIpc) is 2.44. The van der Waals surface area contributed by atoms with Crippen LogP contribution in [0.2, 0.25) is 0 Å². The van der Waals surface area contributed by atoms with Crippen LogP contribution in [-0.2, 0) is 10.2 Å². The van der Waals surface area contributed by atoms with E-state index in [2.05, 4.69) is 10.2 Å². The fourth-order valence-electron chi connectivity index (χ4n) is 2.85. The van der Waals surface area contributed by atoms with Crippen molar-refractivity contribution in [1.29, 1.82) is 0 Å². The van der Waals surface area contributed by atoms with Gasteiger partial charge in [-0.3, -0.25) is 0 Å². The van der Waals surface area contributed by atoms with Crippen LogP contribution in [0.1, 0.15) is 26.2 Å². The molecule has 7 heteroatoms. The van der Waals surface area contributed by atoms with Gasteiger partial charge in [0.15, 0.2) is 0 Å². The minimum atomic E-state index is -3.30. The van der Waals surface area contributed by atoms with Gasteiger partial charge in [0.25, 0.3) is 10.2 Å². The number of nitrogens with zero attached hydrogens (tertiary/aromatic N) is 3. The Morgan fingerprint density at radius 2 is 2.00 bits per heavy atom.